The average molecular weight is 1530 g/mol. The number of likely N-dealkylation sites (tertiary alicyclic amines) is 3. The summed E-state index contributed by atoms with van der Waals surface area (Å²) >= 11 is 0. The first-order valence-electron chi connectivity index (χ1n) is 41.6. The van der Waals surface area contributed by atoms with Crippen LogP contribution in [0.15, 0.2) is 128 Å². The lowest BCUT2D eigenvalue weighted by Crippen LogP contribution is -2.53. The van der Waals surface area contributed by atoms with Gasteiger partial charge >= 0.3 is 0 Å². The topological polar surface area (TPSA) is 263 Å². The number of nitrogens with zero attached hydrogens (tertiary/aromatic N) is 12. The first-order chi connectivity index (χ1) is 55.1. The molecule has 24 nitrogen and oxygen atoms in total. The standard InChI is InChI=1S/3C30H33N5O3/c3*1-30(11-12-30)18-33-13-9-21(10-14-33)34-17-19(16-31-34)15-20-5-6-24-27-22(20)3-2-4-23(27)29(38)35(24)25-7-8-26(36)32-28(25)37/h3*2-6,16-17,21,25H,7-15,18H2,1H3,(H,32,36,37). The number of imide groups is 3. The predicted molar refractivity (Wildman–Crippen MR) is 432 cm³/mol. The largest absolute Gasteiger partial charge is 0.303 e. The summed E-state index contributed by atoms with van der Waals surface area (Å²) in [5, 5.41) is 27.1. The molecule has 588 valence electrons. The van der Waals surface area contributed by atoms with E-state index in [2.05, 4.69) is 120 Å². The summed E-state index contributed by atoms with van der Waals surface area (Å²) in [5.41, 5.74) is 12.7. The van der Waals surface area contributed by atoms with Crippen molar-refractivity contribution in [3.63, 3.8) is 0 Å². The molecule has 3 saturated carbocycles. The molecule has 3 unspecified atom stereocenters. The van der Waals surface area contributed by atoms with Gasteiger partial charge in [-0.3, -0.25) is 87.8 Å². The van der Waals surface area contributed by atoms with Gasteiger partial charge in [0.15, 0.2) is 0 Å². The maximum atomic E-state index is 13.4. The number of aromatic nitrogens is 6. The molecule has 0 radical (unpaired) electrons. The zero-order valence-corrected chi connectivity index (χ0v) is 65.3. The molecule has 114 heavy (non-hydrogen) atoms. The first kappa shape index (κ1) is 73.6. The maximum absolute atomic E-state index is 13.4. The molecule has 12 aliphatic rings. The maximum Gasteiger partial charge on any atom is 0.259 e. The number of benzene rings is 6. The first-order valence-corrected chi connectivity index (χ1v) is 41.6. The van der Waals surface area contributed by atoms with Crippen LogP contribution >= 0.6 is 0 Å². The molecule has 3 aromatic heterocycles. The number of hydrogen-bond acceptors (Lipinski definition) is 15. The summed E-state index contributed by atoms with van der Waals surface area (Å²) in [5.74, 6) is -2.58. The molecule has 3 atom stereocenters. The Kier molecular flexibility index (Phi) is 18.8. The summed E-state index contributed by atoms with van der Waals surface area (Å²) in [7, 11) is 0. The number of carbonyl (C=O) groups excluding carboxylic acids is 9. The van der Waals surface area contributed by atoms with Crippen molar-refractivity contribution in [1.29, 1.82) is 0 Å². The number of nitrogens with one attached hydrogen (secondary N) is 3. The van der Waals surface area contributed by atoms with Gasteiger partial charge in [-0.1, -0.05) is 75.4 Å². The fourth-order valence-electron chi connectivity index (χ4n) is 19.8. The van der Waals surface area contributed by atoms with E-state index >= 15 is 0 Å². The lowest BCUT2D eigenvalue weighted by molar-refractivity contribution is -0.135. The number of anilines is 3. The van der Waals surface area contributed by atoms with Gasteiger partial charge in [0.2, 0.25) is 35.4 Å². The molecular formula is C90H99N15O9. The third kappa shape index (κ3) is 14.2. The molecule has 0 bridgehead atoms. The number of carbonyl (C=O) groups is 9. The van der Waals surface area contributed by atoms with Crippen LogP contribution in [0, 0.1) is 16.2 Å². The van der Waals surface area contributed by atoms with Crippen molar-refractivity contribution in [3.8, 4) is 0 Å². The van der Waals surface area contributed by atoms with E-state index in [-0.39, 0.29) is 54.7 Å². The van der Waals surface area contributed by atoms with Crippen LogP contribution in [0.1, 0.15) is 219 Å². The lowest BCUT2D eigenvalue weighted by Gasteiger charge is -2.33. The van der Waals surface area contributed by atoms with Gasteiger partial charge in [0.05, 0.1) is 53.8 Å². The Balaban J connectivity index is 0.000000115. The molecule has 9 fully saturated rings. The van der Waals surface area contributed by atoms with E-state index in [9.17, 15) is 43.2 Å². The molecule has 24 heteroatoms. The van der Waals surface area contributed by atoms with Crippen LogP contribution in [-0.2, 0) is 48.0 Å². The minimum Gasteiger partial charge on any atom is -0.303 e. The third-order valence-electron chi connectivity index (χ3n) is 27.1. The van der Waals surface area contributed by atoms with Crippen molar-refractivity contribution in [1.82, 2.24) is 60.0 Å². The molecule has 0 spiro atoms. The zero-order chi connectivity index (χ0) is 78.1. The predicted octanol–water partition coefficient (Wildman–Crippen LogP) is 11.5. The van der Waals surface area contributed by atoms with Crippen LogP contribution in [0.3, 0.4) is 0 Å². The van der Waals surface area contributed by atoms with Crippen LogP contribution in [-0.4, -0.2) is 174 Å². The van der Waals surface area contributed by atoms with Crippen LogP contribution in [0.4, 0.5) is 17.1 Å². The van der Waals surface area contributed by atoms with Crippen LogP contribution < -0.4 is 30.7 Å². The molecule has 21 rings (SSSR count). The Morgan fingerprint density at radius 1 is 0.351 bits per heavy atom. The fraction of sp³-hybridized carbons (Fsp3) is 0.467. The van der Waals surface area contributed by atoms with Crippen molar-refractivity contribution in [3.05, 3.63) is 178 Å². The minimum atomic E-state index is -0.668. The summed E-state index contributed by atoms with van der Waals surface area (Å²) in [6.45, 7) is 17.8. The second-order valence-corrected chi connectivity index (χ2v) is 35.8. The second-order valence-electron chi connectivity index (χ2n) is 35.8. The van der Waals surface area contributed by atoms with Gasteiger partial charge in [-0.2, -0.15) is 15.3 Å². The normalized spacial score (nSPS) is 23.3. The fourth-order valence-corrected chi connectivity index (χ4v) is 19.8. The van der Waals surface area contributed by atoms with Crippen LogP contribution in [0.25, 0.3) is 32.3 Å². The average Bonchev–Trinajstić information content (AvgIpc) is 1.59. The number of amides is 9. The number of hydrogen-bond donors (Lipinski definition) is 3. The Morgan fingerprint density at radius 3 is 0.877 bits per heavy atom. The Hall–Kier alpha value is -10.6. The highest BCUT2D eigenvalue weighted by atomic mass is 16.2. The monoisotopic (exact) mass is 1530 g/mol. The quantitative estimate of drug-likeness (QED) is 0.0675. The third-order valence-corrected chi connectivity index (χ3v) is 27.1. The van der Waals surface area contributed by atoms with Gasteiger partial charge in [-0.25, -0.2) is 0 Å². The van der Waals surface area contributed by atoms with Crippen molar-refractivity contribution < 1.29 is 43.2 Å². The molecule has 12 heterocycles. The van der Waals surface area contributed by atoms with Gasteiger partial charge in [0, 0.05) is 149 Å². The van der Waals surface area contributed by atoms with Gasteiger partial charge in [-0.05, 0) is 198 Å². The van der Waals surface area contributed by atoms with Crippen molar-refractivity contribution in [2.24, 2.45) is 16.2 Å². The van der Waals surface area contributed by atoms with Crippen LogP contribution in [0.2, 0.25) is 0 Å². The Bertz CT molecular complexity index is 4920. The molecule has 9 amide bonds. The second kappa shape index (κ2) is 29.1. The highest BCUT2D eigenvalue weighted by Gasteiger charge is 2.47. The van der Waals surface area contributed by atoms with E-state index in [1.807, 2.05) is 73.2 Å². The van der Waals surface area contributed by atoms with Gasteiger partial charge in [-0.15, -0.1) is 0 Å². The lowest BCUT2D eigenvalue weighted by atomic mass is 9.97. The van der Waals surface area contributed by atoms with E-state index in [1.54, 1.807) is 14.7 Å². The van der Waals surface area contributed by atoms with E-state index in [4.69, 9.17) is 15.3 Å². The van der Waals surface area contributed by atoms with E-state index < -0.39 is 35.8 Å². The van der Waals surface area contributed by atoms with Crippen LogP contribution in [0.5, 0.6) is 0 Å². The van der Waals surface area contributed by atoms with Crippen molar-refractivity contribution >= 4 is 103 Å². The molecule has 6 saturated heterocycles. The van der Waals surface area contributed by atoms with Gasteiger partial charge in [0.25, 0.3) is 17.7 Å². The smallest absolute Gasteiger partial charge is 0.259 e. The Morgan fingerprint density at radius 2 is 0.623 bits per heavy atom. The summed E-state index contributed by atoms with van der Waals surface area (Å²) in [6, 6.07) is 28.8. The zero-order valence-electron chi connectivity index (χ0n) is 65.3. The highest BCUT2D eigenvalue weighted by molar-refractivity contribution is 6.30. The highest BCUT2D eigenvalue weighted by Crippen LogP contribution is 2.50. The molecule has 9 aliphatic heterocycles. The molecule has 3 N–H and O–H groups in total. The Labute approximate surface area is 662 Å². The van der Waals surface area contributed by atoms with Crippen molar-refractivity contribution in [2.45, 2.75) is 192 Å². The minimum absolute atomic E-state index is 0.174. The molecule has 6 aromatic carbocycles. The molecule has 9 aromatic rings. The van der Waals surface area contributed by atoms with Gasteiger partial charge in [0.1, 0.15) is 18.1 Å². The van der Waals surface area contributed by atoms with Gasteiger partial charge < -0.3 is 14.7 Å². The summed E-state index contributed by atoms with van der Waals surface area (Å²) in [4.78, 5) is 126. The van der Waals surface area contributed by atoms with E-state index in [1.165, 1.54) is 58.2 Å². The summed E-state index contributed by atoms with van der Waals surface area (Å²) in [6.07, 6.45) is 31.4. The molecule has 3 aliphatic carbocycles. The SMILES string of the molecule is CC1(CN2CCC(n3cc(Cc4ccc5c6c(cccc46)C(=O)N5C4CCC(=O)NC4=O)cn3)CC2)CC1.CC1(CN2CCC(n3cc(Cc4ccc5c6c(cccc46)C(=O)N5C4CCC(=O)NC4=O)cn3)CC2)CC1.CC1(CN2CCC(n3cc(Cc4ccc5c6c(cccc46)C(=O)N5C4CCC(=O)NC4=O)cn3)CC2)CC1. The number of piperidine rings is 6. The number of rotatable bonds is 18. The van der Waals surface area contributed by atoms with E-state index in [0.717, 1.165) is 180 Å². The summed E-state index contributed by atoms with van der Waals surface area (Å²) < 4.78 is 6.46. The molecular weight excluding hydrogens is 1440 g/mol. The van der Waals surface area contributed by atoms with E-state index in [0.29, 0.717) is 70.3 Å². The van der Waals surface area contributed by atoms with Crippen molar-refractivity contribution in [2.75, 3.05) is 73.6 Å².